The average molecular weight is 548 g/mol. The Kier molecular flexibility index (Phi) is 10.5. The first-order valence-electron chi connectivity index (χ1n) is 12.3. The van der Waals surface area contributed by atoms with E-state index in [1.54, 1.807) is 33.8 Å². The van der Waals surface area contributed by atoms with Crippen LogP contribution in [0.2, 0.25) is 5.02 Å². The van der Waals surface area contributed by atoms with Crippen molar-refractivity contribution in [2.24, 2.45) is 0 Å². The molecule has 3 aromatic heterocycles. The average Bonchev–Trinajstić information content (AvgIpc) is 3.37. The zero-order valence-corrected chi connectivity index (χ0v) is 22.2. The molecule has 0 aromatic carbocycles. The fourth-order valence-corrected chi connectivity index (χ4v) is 4.13. The van der Waals surface area contributed by atoms with Crippen molar-refractivity contribution in [3.8, 4) is 17.1 Å². The number of nitrogens with one attached hydrogen (secondary N) is 1. The van der Waals surface area contributed by atoms with Gasteiger partial charge in [-0.3, -0.25) is 4.98 Å². The molecule has 0 saturated heterocycles. The highest BCUT2D eigenvalue weighted by molar-refractivity contribution is 6.33. The predicted octanol–water partition coefficient (Wildman–Crippen LogP) is 5.88. The van der Waals surface area contributed by atoms with Crippen molar-refractivity contribution >= 4 is 23.3 Å². The number of fused-ring (bicyclic) bond motifs is 1. The molecule has 1 N–H and O–H groups in total. The fraction of sp³-hybridized carbons (Fsp3) is 0.423. The maximum absolute atomic E-state index is 13.1. The predicted molar refractivity (Wildman–Crippen MR) is 142 cm³/mol. The van der Waals surface area contributed by atoms with Crippen LogP contribution in [0.15, 0.2) is 50.1 Å². The number of alkyl halides is 2. The van der Waals surface area contributed by atoms with E-state index in [1.165, 1.54) is 12.5 Å². The minimum absolute atomic E-state index is 0.151. The van der Waals surface area contributed by atoms with E-state index in [1.807, 2.05) is 13.8 Å². The first-order valence-corrected chi connectivity index (χ1v) is 12.7. The van der Waals surface area contributed by atoms with Crippen LogP contribution >= 0.6 is 11.6 Å². The standard InChI is InChI=1S/C26H32ClF2N7O2/c1-5-8-12-38-25-24-31-16-32-36(24)15-22(34-25)19-13-21(30-14-20(19)27)17(4)35(7-3)26(37)33-18(9-6-2)10-11-23(28)29/h5-6,13-18,23H,1-2,7-12H2,3-4H3,(H,33,37). The summed E-state index contributed by atoms with van der Waals surface area (Å²) in [5.41, 5.74) is 2.10. The van der Waals surface area contributed by atoms with Crippen molar-refractivity contribution in [2.45, 2.75) is 58.0 Å². The minimum Gasteiger partial charge on any atom is -0.475 e. The van der Waals surface area contributed by atoms with Crippen LogP contribution in [0.1, 0.15) is 51.3 Å². The second kappa shape index (κ2) is 13.8. The van der Waals surface area contributed by atoms with Gasteiger partial charge in [-0.2, -0.15) is 5.10 Å². The third kappa shape index (κ3) is 7.25. The van der Waals surface area contributed by atoms with Gasteiger partial charge in [0.05, 0.1) is 35.3 Å². The number of nitrogens with zero attached hydrogens (tertiary/aromatic N) is 6. The second-order valence-corrected chi connectivity index (χ2v) is 8.98. The number of urea groups is 1. The van der Waals surface area contributed by atoms with E-state index in [4.69, 9.17) is 16.3 Å². The highest BCUT2D eigenvalue weighted by atomic mass is 35.5. The van der Waals surface area contributed by atoms with Gasteiger partial charge < -0.3 is 15.0 Å². The van der Waals surface area contributed by atoms with E-state index >= 15 is 0 Å². The lowest BCUT2D eigenvalue weighted by Crippen LogP contribution is -2.46. The lowest BCUT2D eigenvalue weighted by atomic mass is 10.1. The van der Waals surface area contributed by atoms with Crippen LogP contribution < -0.4 is 10.1 Å². The molecule has 2 amide bonds. The van der Waals surface area contributed by atoms with Crippen LogP contribution in [0.25, 0.3) is 16.9 Å². The summed E-state index contributed by atoms with van der Waals surface area (Å²) in [5.74, 6) is 0.302. The Hall–Kier alpha value is -3.60. The molecule has 3 rings (SSSR count). The first-order chi connectivity index (χ1) is 18.3. The summed E-state index contributed by atoms with van der Waals surface area (Å²) in [7, 11) is 0. The van der Waals surface area contributed by atoms with Gasteiger partial charge in [-0.1, -0.05) is 23.8 Å². The Morgan fingerprint density at radius 2 is 2.08 bits per heavy atom. The van der Waals surface area contributed by atoms with Crippen molar-refractivity contribution < 1.29 is 18.3 Å². The lowest BCUT2D eigenvalue weighted by molar-refractivity contribution is 0.128. The maximum atomic E-state index is 13.1. The van der Waals surface area contributed by atoms with Gasteiger partial charge in [-0.05, 0) is 39.2 Å². The second-order valence-electron chi connectivity index (χ2n) is 8.58. The number of carbonyl (C=O) groups is 1. The van der Waals surface area contributed by atoms with Crippen LogP contribution in [0, 0.1) is 0 Å². The van der Waals surface area contributed by atoms with Crippen LogP contribution in [-0.4, -0.2) is 61.1 Å². The molecule has 12 heteroatoms. The number of rotatable bonds is 14. The number of hydrogen-bond acceptors (Lipinski definition) is 6. The molecule has 9 nitrogen and oxygen atoms in total. The molecule has 0 aliphatic heterocycles. The van der Waals surface area contributed by atoms with Crippen molar-refractivity contribution in [3.05, 3.63) is 60.8 Å². The van der Waals surface area contributed by atoms with E-state index in [0.717, 1.165) is 0 Å². The van der Waals surface area contributed by atoms with Gasteiger partial charge in [0.1, 0.15) is 6.33 Å². The Balaban J connectivity index is 1.88. The topological polar surface area (TPSA) is 97.5 Å². The minimum atomic E-state index is -2.43. The smallest absolute Gasteiger partial charge is 0.318 e. The number of aromatic nitrogens is 5. The molecule has 2 unspecified atom stereocenters. The van der Waals surface area contributed by atoms with Gasteiger partial charge in [0.25, 0.3) is 5.88 Å². The quantitative estimate of drug-likeness (QED) is 0.200. The lowest BCUT2D eigenvalue weighted by Gasteiger charge is -2.30. The summed E-state index contributed by atoms with van der Waals surface area (Å²) in [6, 6.07) is 0.495. The number of ether oxygens (including phenoxy) is 1. The molecule has 204 valence electrons. The number of carbonyl (C=O) groups excluding carboxylic acids is 1. The SMILES string of the molecule is C=CCCOc1nc(-c2cc(C(C)N(CC)C(=O)NC(CC=C)CCC(F)F)ncc2Cl)cn2ncnc12. The first kappa shape index (κ1) is 29.0. The van der Waals surface area contributed by atoms with E-state index in [0.29, 0.717) is 59.5 Å². The molecular formula is C26H32ClF2N7O2. The van der Waals surface area contributed by atoms with Gasteiger partial charge in [-0.25, -0.2) is 28.1 Å². The molecule has 0 radical (unpaired) electrons. The maximum Gasteiger partial charge on any atom is 0.318 e. The van der Waals surface area contributed by atoms with Crippen molar-refractivity contribution in [1.82, 2.24) is 34.8 Å². The Bertz CT molecular complexity index is 1250. The molecule has 0 bridgehead atoms. The van der Waals surface area contributed by atoms with E-state index < -0.39 is 18.5 Å². The summed E-state index contributed by atoms with van der Waals surface area (Å²) < 4.78 is 32.8. The normalized spacial score (nSPS) is 12.8. The van der Waals surface area contributed by atoms with Crippen molar-refractivity contribution in [3.63, 3.8) is 0 Å². The monoisotopic (exact) mass is 547 g/mol. The van der Waals surface area contributed by atoms with E-state index in [2.05, 4.69) is 38.5 Å². The summed E-state index contributed by atoms with van der Waals surface area (Å²) in [6.45, 7) is 11.8. The molecule has 0 aliphatic carbocycles. The number of amides is 2. The third-order valence-electron chi connectivity index (χ3n) is 5.95. The van der Waals surface area contributed by atoms with Crippen LogP contribution in [-0.2, 0) is 0 Å². The highest BCUT2D eigenvalue weighted by Gasteiger charge is 2.25. The number of hydrogen-bond donors (Lipinski definition) is 1. The molecule has 3 aromatic rings. The van der Waals surface area contributed by atoms with E-state index in [9.17, 15) is 13.6 Å². The Morgan fingerprint density at radius 1 is 1.29 bits per heavy atom. The third-order valence-corrected chi connectivity index (χ3v) is 6.25. The molecule has 0 fully saturated rings. The summed E-state index contributed by atoms with van der Waals surface area (Å²) in [5, 5.41) is 7.42. The van der Waals surface area contributed by atoms with Gasteiger partial charge in [0.2, 0.25) is 12.1 Å². The van der Waals surface area contributed by atoms with Gasteiger partial charge in [-0.15, -0.1) is 13.2 Å². The molecular weight excluding hydrogens is 516 g/mol. The zero-order chi connectivity index (χ0) is 27.7. The van der Waals surface area contributed by atoms with Gasteiger partial charge in [0, 0.05) is 30.8 Å². The fourth-order valence-electron chi connectivity index (χ4n) is 3.93. The molecule has 0 saturated carbocycles. The van der Waals surface area contributed by atoms with Crippen molar-refractivity contribution in [1.29, 1.82) is 0 Å². The molecule has 2 atom stereocenters. The Labute approximate surface area is 225 Å². The van der Waals surface area contributed by atoms with Crippen molar-refractivity contribution in [2.75, 3.05) is 13.2 Å². The van der Waals surface area contributed by atoms with Gasteiger partial charge in [0.15, 0.2) is 0 Å². The van der Waals surface area contributed by atoms with E-state index in [-0.39, 0.29) is 18.9 Å². The van der Waals surface area contributed by atoms with Crippen LogP contribution in [0.5, 0.6) is 5.88 Å². The highest BCUT2D eigenvalue weighted by Crippen LogP contribution is 2.31. The Morgan fingerprint density at radius 3 is 2.76 bits per heavy atom. The van der Waals surface area contributed by atoms with Gasteiger partial charge >= 0.3 is 6.03 Å². The molecule has 0 spiro atoms. The summed E-state index contributed by atoms with van der Waals surface area (Å²) in [6.07, 6.45) is 6.38. The summed E-state index contributed by atoms with van der Waals surface area (Å²) in [4.78, 5) is 28.0. The van der Waals surface area contributed by atoms with Crippen LogP contribution in [0.3, 0.4) is 0 Å². The largest absolute Gasteiger partial charge is 0.475 e. The molecule has 0 aliphatic rings. The zero-order valence-electron chi connectivity index (χ0n) is 21.5. The number of halogens is 3. The molecule has 3 heterocycles. The molecule has 38 heavy (non-hydrogen) atoms. The van der Waals surface area contributed by atoms with Crippen LogP contribution in [0.4, 0.5) is 13.6 Å². The summed E-state index contributed by atoms with van der Waals surface area (Å²) >= 11 is 6.51. The number of pyridine rings is 1.